The molecule has 1 atom stereocenters. The second-order valence-corrected chi connectivity index (χ2v) is 6.37. The summed E-state index contributed by atoms with van der Waals surface area (Å²) in [6, 6.07) is 15.3. The summed E-state index contributed by atoms with van der Waals surface area (Å²) in [6.07, 6.45) is 0. The number of rotatable bonds is 4. The SMILES string of the molecule is Cc1ccccc1NC(=O)[C@@H](C)Sc1ccc(Cl)cc1. The first-order valence-electron chi connectivity index (χ1n) is 6.35. The number of hydrogen-bond donors (Lipinski definition) is 1. The molecule has 0 unspecified atom stereocenters. The molecule has 0 radical (unpaired) electrons. The second-order valence-electron chi connectivity index (χ2n) is 4.52. The first-order chi connectivity index (χ1) is 9.56. The summed E-state index contributed by atoms with van der Waals surface area (Å²) >= 11 is 7.36. The molecule has 0 aliphatic carbocycles. The monoisotopic (exact) mass is 305 g/mol. The molecule has 0 heterocycles. The number of aryl methyl sites for hydroxylation is 1. The van der Waals surface area contributed by atoms with Crippen LogP contribution >= 0.6 is 23.4 Å². The van der Waals surface area contributed by atoms with Gasteiger partial charge in [-0.25, -0.2) is 0 Å². The summed E-state index contributed by atoms with van der Waals surface area (Å²) in [5.41, 5.74) is 1.92. The van der Waals surface area contributed by atoms with Crippen molar-refractivity contribution in [3.63, 3.8) is 0 Å². The standard InChI is InChI=1S/C16H16ClNOS/c1-11-5-3-4-6-15(11)18-16(19)12(2)20-14-9-7-13(17)8-10-14/h3-10,12H,1-2H3,(H,18,19)/t12-/m1/s1. The summed E-state index contributed by atoms with van der Waals surface area (Å²) in [5.74, 6) is -0.000694. The van der Waals surface area contributed by atoms with E-state index in [0.717, 1.165) is 16.1 Å². The second kappa shape index (κ2) is 6.82. The maximum atomic E-state index is 12.2. The molecule has 1 N–H and O–H groups in total. The van der Waals surface area contributed by atoms with Gasteiger partial charge in [-0.15, -0.1) is 11.8 Å². The lowest BCUT2D eigenvalue weighted by Crippen LogP contribution is -2.22. The highest BCUT2D eigenvalue weighted by Gasteiger charge is 2.15. The van der Waals surface area contributed by atoms with Gasteiger partial charge in [-0.3, -0.25) is 4.79 Å². The van der Waals surface area contributed by atoms with Gasteiger partial charge in [-0.05, 0) is 49.7 Å². The molecule has 104 valence electrons. The zero-order valence-corrected chi connectivity index (χ0v) is 13.0. The topological polar surface area (TPSA) is 29.1 Å². The van der Waals surface area contributed by atoms with Crippen LogP contribution in [-0.4, -0.2) is 11.2 Å². The number of thioether (sulfide) groups is 1. The first kappa shape index (κ1) is 14.9. The third kappa shape index (κ3) is 4.02. The Morgan fingerprint density at radius 2 is 1.80 bits per heavy atom. The van der Waals surface area contributed by atoms with E-state index in [0.29, 0.717) is 5.02 Å². The maximum Gasteiger partial charge on any atom is 0.237 e. The smallest absolute Gasteiger partial charge is 0.237 e. The number of benzene rings is 2. The molecule has 20 heavy (non-hydrogen) atoms. The normalized spacial score (nSPS) is 11.9. The quantitative estimate of drug-likeness (QED) is 0.825. The first-order valence-corrected chi connectivity index (χ1v) is 7.61. The summed E-state index contributed by atoms with van der Waals surface area (Å²) in [7, 11) is 0. The van der Waals surface area contributed by atoms with Crippen molar-refractivity contribution in [1.29, 1.82) is 0 Å². The van der Waals surface area contributed by atoms with Crippen LogP contribution in [0, 0.1) is 6.92 Å². The molecular formula is C16H16ClNOS. The highest BCUT2D eigenvalue weighted by atomic mass is 35.5. The van der Waals surface area contributed by atoms with E-state index in [4.69, 9.17) is 11.6 Å². The molecular weight excluding hydrogens is 290 g/mol. The third-order valence-corrected chi connectivity index (χ3v) is 4.26. The lowest BCUT2D eigenvalue weighted by molar-refractivity contribution is -0.115. The molecule has 0 saturated heterocycles. The highest BCUT2D eigenvalue weighted by Crippen LogP contribution is 2.25. The van der Waals surface area contributed by atoms with Crippen molar-refractivity contribution < 1.29 is 4.79 Å². The number of anilines is 1. The van der Waals surface area contributed by atoms with Crippen molar-refractivity contribution in [2.45, 2.75) is 24.0 Å². The van der Waals surface area contributed by atoms with Crippen molar-refractivity contribution in [3.8, 4) is 0 Å². The molecule has 2 rings (SSSR count). The van der Waals surface area contributed by atoms with Crippen LogP contribution in [0.2, 0.25) is 5.02 Å². The average molecular weight is 306 g/mol. The lowest BCUT2D eigenvalue weighted by Gasteiger charge is -2.13. The van der Waals surface area contributed by atoms with Gasteiger partial charge in [0.25, 0.3) is 0 Å². The molecule has 0 spiro atoms. The van der Waals surface area contributed by atoms with Crippen LogP contribution in [0.3, 0.4) is 0 Å². The van der Waals surface area contributed by atoms with Gasteiger partial charge < -0.3 is 5.32 Å². The molecule has 0 saturated carbocycles. The minimum atomic E-state index is -0.171. The van der Waals surface area contributed by atoms with E-state index in [-0.39, 0.29) is 11.2 Å². The molecule has 0 bridgehead atoms. The van der Waals surface area contributed by atoms with Crippen molar-refractivity contribution in [1.82, 2.24) is 0 Å². The Labute approximate surface area is 128 Å². The van der Waals surface area contributed by atoms with Crippen LogP contribution in [0.25, 0.3) is 0 Å². The van der Waals surface area contributed by atoms with E-state index in [1.807, 2.05) is 62.4 Å². The van der Waals surface area contributed by atoms with Gasteiger partial charge in [0, 0.05) is 15.6 Å². The van der Waals surface area contributed by atoms with E-state index in [1.165, 1.54) is 11.8 Å². The van der Waals surface area contributed by atoms with Crippen LogP contribution in [0.5, 0.6) is 0 Å². The lowest BCUT2D eigenvalue weighted by atomic mass is 10.2. The Hall–Kier alpha value is -1.45. The number of nitrogens with one attached hydrogen (secondary N) is 1. The number of hydrogen-bond acceptors (Lipinski definition) is 2. The Morgan fingerprint density at radius 3 is 2.45 bits per heavy atom. The number of carbonyl (C=O) groups is 1. The maximum absolute atomic E-state index is 12.2. The number of halogens is 1. The summed E-state index contributed by atoms with van der Waals surface area (Å²) < 4.78 is 0. The minimum Gasteiger partial charge on any atom is -0.325 e. The van der Waals surface area contributed by atoms with Crippen molar-refractivity contribution in [3.05, 3.63) is 59.1 Å². The van der Waals surface area contributed by atoms with Crippen LogP contribution in [0.1, 0.15) is 12.5 Å². The summed E-state index contributed by atoms with van der Waals surface area (Å²) in [4.78, 5) is 13.2. The van der Waals surface area contributed by atoms with Gasteiger partial charge in [0.2, 0.25) is 5.91 Å². The Bertz CT molecular complexity index is 598. The van der Waals surface area contributed by atoms with E-state index in [9.17, 15) is 4.79 Å². The fraction of sp³-hybridized carbons (Fsp3) is 0.188. The van der Waals surface area contributed by atoms with E-state index >= 15 is 0 Å². The molecule has 0 fully saturated rings. The van der Waals surface area contributed by atoms with Gasteiger partial charge in [-0.2, -0.15) is 0 Å². The van der Waals surface area contributed by atoms with Crippen molar-refractivity contribution >= 4 is 35.0 Å². The number of carbonyl (C=O) groups excluding carboxylic acids is 1. The largest absolute Gasteiger partial charge is 0.325 e. The summed E-state index contributed by atoms with van der Waals surface area (Å²) in [5, 5.41) is 3.49. The van der Waals surface area contributed by atoms with E-state index in [1.54, 1.807) is 0 Å². The molecule has 0 aromatic heterocycles. The van der Waals surface area contributed by atoms with Crippen LogP contribution in [0.15, 0.2) is 53.4 Å². The van der Waals surface area contributed by atoms with Crippen LogP contribution in [-0.2, 0) is 4.79 Å². The zero-order chi connectivity index (χ0) is 14.5. The summed E-state index contributed by atoms with van der Waals surface area (Å²) in [6.45, 7) is 3.87. The molecule has 0 aliphatic heterocycles. The fourth-order valence-electron chi connectivity index (χ4n) is 1.72. The Morgan fingerprint density at radius 1 is 1.15 bits per heavy atom. The average Bonchev–Trinajstić information content (AvgIpc) is 2.44. The molecule has 2 nitrogen and oxygen atoms in total. The zero-order valence-electron chi connectivity index (χ0n) is 11.4. The predicted octanol–water partition coefficient (Wildman–Crippen LogP) is 4.77. The molecule has 2 aromatic rings. The Balaban J connectivity index is 1.99. The number of para-hydroxylation sites is 1. The number of amides is 1. The van der Waals surface area contributed by atoms with Gasteiger partial charge in [0.1, 0.15) is 0 Å². The van der Waals surface area contributed by atoms with Gasteiger partial charge in [0.15, 0.2) is 0 Å². The highest BCUT2D eigenvalue weighted by molar-refractivity contribution is 8.00. The molecule has 2 aromatic carbocycles. The predicted molar refractivity (Wildman–Crippen MR) is 86.6 cm³/mol. The van der Waals surface area contributed by atoms with E-state index in [2.05, 4.69) is 5.32 Å². The Kier molecular flexibility index (Phi) is 5.10. The van der Waals surface area contributed by atoms with Gasteiger partial charge >= 0.3 is 0 Å². The third-order valence-electron chi connectivity index (χ3n) is 2.90. The molecule has 0 aliphatic rings. The minimum absolute atomic E-state index is 0.000694. The van der Waals surface area contributed by atoms with Crippen molar-refractivity contribution in [2.24, 2.45) is 0 Å². The molecule has 4 heteroatoms. The van der Waals surface area contributed by atoms with Gasteiger partial charge in [0.05, 0.1) is 5.25 Å². The van der Waals surface area contributed by atoms with E-state index < -0.39 is 0 Å². The van der Waals surface area contributed by atoms with Crippen LogP contribution in [0.4, 0.5) is 5.69 Å². The molecule has 1 amide bonds. The fourth-order valence-corrected chi connectivity index (χ4v) is 2.71. The van der Waals surface area contributed by atoms with Crippen LogP contribution < -0.4 is 5.32 Å². The van der Waals surface area contributed by atoms with Gasteiger partial charge in [-0.1, -0.05) is 29.8 Å². The van der Waals surface area contributed by atoms with Crippen molar-refractivity contribution in [2.75, 3.05) is 5.32 Å².